The van der Waals surface area contributed by atoms with Crippen LogP contribution in [0.5, 0.6) is 0 Å². The van der Waals surface area contributed by atoms with Gasteiger partial charge in [-0.15, -0.1) is 0 Å². The van der Waals surface area contributed by atoms with Crippen LogP contribution in [0.15, 0.2) is 18.2 Å². The maximum atomic E-state index is 13.0. The van der Waals surface area contributed by atoms with E-state index in [1.807, 2.05) is 6.92 Å². The molecule has 86 valence electrons. The molecule has 1 nitrogen and oxygen atoms in total. The Kier molecular flexibility index (Phi) is 3.29. The van der Waals surface area contributed by atoms with Crippen molar-refractivity contribution in [2.24, 2.45) is 11.8 Å². The third kappa shape index (κ3) is 2.62. The van der Waals surface area contributed by atoms with Crippen LogP contribution in [0.1, 0.15) is 25.3 Å². The van der Waals surface area contributed by atoms with Crippen LogP contribution in [0.3, 0.4) is 0 Å². The Labute approximate surface area is 99.6 Å². The Hall–Kier alpha value is -0.890. The van der Waals surface area contributed by atoms with Gasteiger partial charge in [0.05, 0.1) is 0 Å². The van der Waals surface area contributed by atoms with E-state index in [0.717, 1.165) is 12.8 Å². The molecule has 1 aliphatic carbocycles. The molecule has 1 unspecified atom stereocenters. The van der Waals surface area contributed by atoms with E-state index in [4.69, 9.17) is 11.6 Å². The molecule has 3 heteroatoms. The molecule has 0 bridgehead atoms. The molecule has 1 atom stereocenters. The first-order chi connectivity index (χ1) is 7.58. The number of halogens is 2. The molecule has 0 saturated heterocycles. The number of carbonyl (C=O) groups is 1. The van der Waals surface area contributed by atoms with Crippen LogP contribution < -0.4 is 0 Å². The maximum Gasteiger partial charge on any atom is 0.140 e. The largest absolute Gasteiger partial charge is 0.299 e. The van der Waals surface area contributed by atoms with E-state index in [0.29, 0.717) is 16.5 Å². The predicted octanol–water partition coefficient (Wildman–Crippen LogP) is 3.64. The Morgan fingerprint density at radius 3 is 2.88 bits per heavy atom. The second kappa shape index (κ2) is 4.54. The van der Waals surface area contributed by atoms with Crippen LogP contribution >= 0.6 is 11.6 Å². The molecule has 1 aromatic carbocycles. The van der Waals surface area contributed by atoms with Crippen molar-refractivity contribution >= 4 is 17.4 Å². The summed E-state index contributed by atoms with van der Waals surface area (Å²) in [4.78, 5) is 11.9. The summed E-state index contributed by atoms with van der Waals surface area (Å²) in [5, 5.41) is 0.470. The van der Waals surface area contributed by atoms with Crippen molar-refractivity contribution in [2.75, 3.05) is 0 Å². The molecule has 1 aromatic rings. The lowest BCUT2D eigenvalue weighted by atomic mass is 9.95. The highest BCUT2D eigenvalue weighted by molar-refractivity contribution is 6.31. The molecule has 16 heavy (non-hydrogen) atoms. The summed E-state index contributed by atoms with van der Waals surface area (Å²) in [5.74, 6) is 0.445. The lowest BCUT2D eigenvalue weighted by Crippen LogP contribution is -2.15. The van der Waals surface area contributed by atoms with Crippen molar-refractivity contribution in [3.05, 3.63) is 34.6 Å². The normalized spacial score (nSPS) is 17.2. The molecule has 0 aliphatic heterocycles. The van der Waals surface area contributed by atoms with Crippen molar-refractivity contribution < 1.29 is 9.18 Å². The molecule has 0 heterocycles. The lowest BCUT2D eigenvalue weighted by molar-refractivity contribution is -0.122. The fraction of sp³-hybridized carbons (Fsp3) is 0.462. The lowest BCUT2D eigenvalue weighted by Gasteiger charge is -2.09. The van der Waals surface area contributed by atoms with Gasteiger partial charge in [-0.3, -0.25) is 4.79 Å². The van der Waals surface area contributed by atoms with Gasteiger partial charge in [0, 0.05) is 17.4 Å². The van der Waals surface area contributed by atoms with Gasteiger partial charge in [-0.05, 0) is 42.5 Å². The molecule has 0 spiro atoms. The van der Waals surface area contributed by atoms with Gasteiger partial charge in [0.1, 0.15) is 11.6 Å². The molecule has 0 amide bonds. The molecule has 0 radical (unpaired) electrons. The van der Waals surface area contributed by atoms with Gasteiger partial charge in [-0.2, -0.15) is 0 Å². The average molecular weight is 241 g/mol. The zero-order chi connectivity index (χ0) is 11.7. The molecular weight excluding hydrogens is 227 g/mol. The topological polar surface area (TPSA) is 17.1 Å². The summed E-state index contributed by atoms with van der Waals surface area (Å²) in [6.07, 6.45) is 2.53. The number of benzene rings is 1. The first-order valence-corrected chi connectivity index (χ1v) is 5.92. The third-order valence-electron chi connectivity index (χ3n) is 3.21. The first kappa shape index (κ1) is 11.6. The zero-order valence-corrected chi connectivity index (χ0v) is 9.93. The quantitative estimate of drug-likeness (QED) is 0.785. The summed E-state index contributed by atoms with van der Waals surface area (Å²) in [6, 6.07) is 4.15. The van der Waals surface area contributed by atoms with Crippen LogP contribution in [0, 0.1) is 17.7 Å². The van der Waals surface area contributed by atoms with Crippen LogP contribution in [-0.4, -0.2) is 5.78 Å². The Bertz CT molecular complexity index is 412. The number of rotatable bonds is 4. The van der Waals surface area contributed by atoms with Crippen LogP contribution in [0.25, 0.3) is 0 Å². The van der Waals surface area contributed by atoms with Gasteiger partial charge in [-0.1, -0.05) is 18.5 Å². The van der Waals surface area contributed by atoms with E-state index in [2.05, 4.69) is 0 Å². The summed E-state index contributed by atoms with van der Waals surface area (Å²) < 4.78 is 13.0. The third-order valence-corrected chi connectivity index (χ3v) is 3.58. The SMILES string of the molecule is CC(C(=O)Cc1cc(F)ccc1Cl)C1CC1. The highest BCUT2D eigenvalue weighted by Gasteiger charge is 2.32. The minimum absolute atomic E-state index is 0.0827. The smallest absolute Gasteiger partial charge is 0.140 e. The summed E-state index contributed by atoms with van der Waals surface area (Å²) in [7, 11) is 0. The average Bonchev–Trinajstić information content (AvgIpc) is 3.06. The van der Waals surface area contributed by atoms with Crippen molar-refractivity contribution in [3.8, 4) is 0 Å². The standard InChI is InChI=1S/C13H14ClFO/c1-8(9-2-3-9)13(16)7-10-6-11(15)4-5-12(10)14/h4-6,8-9H,2-3,7H2,1H3. The molecule has 2 rings (SSSR count). The van der Waals surface area contributed by atoms with Crippen molar-refractivity contribution in [1.29, 1.82) is 0 Å². The van der Waals surface area contributed by atoms with Gasteiger partial charge in [0.2, 0.25) is 0 Å². The van der Waals surface area contributed by atoms with Gasteiger partial charge < -0.3 is 0 Å². The minimum atomic E-state index is -0.341. The van der Waals surface area contributed by atoms with Gasteiger partial charge in [0.25, 0.3) is 0 Å². The van der Waals surface area contributed by atoms with E-state index >= 15 is 0 Å². The Morgan fingerprint density at radius 2 is 2.25 bits per heavy atom. The minimum Gasteiger partial charge on any atom is -0.299 e. The predicted molar refractivity (Wildman–Crippen MR) is 62.0 cm³/mol. The van der Waals surface area contributed by atoms with E-state index in [1.54, 1.807) is 0 Å². The van der Waals surface area contributed by atoms with Crippen LogP contribution in [0.2, 0.25) is 5.02 Å². The monoisotopic (exact) mass is 240 g/mol. The van der Waals surface area contributed by atoms with Crippen LogP contribution in [0.4, 0.5) is 4.39 Å². The highest BCUT2D eigenvalue weighted by Crippen LogP contribution is 2.37. The van der Waals surface area contributed by atoms with E-state index in [-0.39, 0.29) is 23.9 Å². The fourth-order valence-corrected chi connectivity index (χ4v) is 2.07. The summed E-state index contributed by atoms with van der Waals surface area (Å²) in [6.45, 7) is 1.95. The molecule has 1 saturated carbocycles. The number of ketones is 1. The highest BCUT2D eigenvalue weighted by atomic mass is 35.5. The molecule has 1 aliphatic rings. The Morgan fingerprint density at radius 1 is 1.56 bits per heavy atom. The van der Waals surface area contributed by atoms with Gasteiger partial charge >= 0.3 is 0 Å². The number of hydrogen-bond donors (Lipinski definition) is 0. The molecule has 1 fully saturated rings. The molecule has 0 N–H and O–H groups in total. The maximum absolute atomic E-state index is 13.0. The van der Waals surface area contributed by atoms with E-state index < -0.39 is 0 Å². The van der Waals surface area contributed by atoms with Crippen molar-refractivity contribution in [3.63, 3.8) is 0 Å². The van der Waals surface area contributed by atoms with Crippen LogP contribution in [-0.2, 0) is 11.2 Å². The van der Waals surface area contributed by atoms with E-state index in [1.165, 1.54) is 18.2 Å². The van der Waals surface area contributed by atoms with E-state index in [9.17, 15) is 9.18 Å². The number of hydrogen-bond acceptors (Lipinski definition) is 1. The van der Waals surface area contributed by atoms with Crippen molar-refractivity contribution in [2.45, 2.75) is 26.2 Å². The second-order valence-corrected chi connectivity index (χ2v) is 4.91. The number of carbonyl (C=O) groups excluding carboxylic acids is 1. The fourth-order valence-electron chi connectivity index (χ4n) is 1.89. The van der Waals surface area contributed by atoms with Gasteiger partial charge in [0.15, 0.2) is 0 Å². The zero-order valence-electron chi connectivity index (χ0n) is 9.17. The van der Waals surface area contributed by atoms with Gasteiger partial charge in [-0.25, -0.2) is 4.39 Å². The summed E-state index contributed by atoms with van der Waals surface area (Å²) >= 11 is 5.92. The van der Waals surface area contributed by atoms with Crippen molar-refractivity contribution in [1.82, 2.24) is 0 Å². The first-order valence-electron chi connectivity index (χ1n) is 5.54. The second-order valence-electron chi connectivity index (χ2n) is 4.50. The summed E-state index contributed by atoms with van der Waals surface area (Å²) in [5.41, 5.74) is 0.596. The number of Topliss-reactive ketones (excluding diaryl/α,β-unsaturated/α-hetero) is 1. The molecule has 0 aromatic heterocycles. The molecular formula is C13H14ClFO. The Balaban J connectivity index is 2.07.